The van der Waals surface area contributed by atoms with Gasteiger partial charge < -0.3 is 41.9 Å². The van der Waals surface area contributed by atoms with Crippen LogP contribution in [0.5, 0.6) is 0 Å². The van der Waals surface area contributed by atoms with Crippen LogP contribution in [0, 0.1) is 13.8 Å². The summed E-state index contributed by atoms with van der Waals surface area (Å²) in [4.78, 5) is 63.9. The summed E-state index contributed by atoms with van der Waals surface area (Å²) in [6, 6.07) is 5.57. The average molecular weight is 805 g/mol. The van der Waals surface area contributed by atoms with Crippen LogP contribution in [-0.4, -0.2) is 87.8 Å². The highest BCUT2D eigenvalue weighted by Crippen LogP contribution is 2.41. The molecule has 4 atom stereocenters. The van der Waals surface area contributed by atoms with Gasteiger partial charge in [-0.2, -0.15) is 23.5 Å². The molecule has 8 bridgehead atoms. The minimum atomic E-state index is -1.09. The summed E-state index contributed by atoms with van der Waals surface area (Å²) in [5.41, 5.74) is 24.0. The van der Waals surface area contributed by atoms with Gasteiger partial charge in [0.15, 0.2) is 0 Å². The van der Waals surface area contributed by atoms with Crippen LogP contribution in [0.3, 0.4) is 0 Å². The Kier molecular flexibility index (Phi) is 13.2. The third kappa shape index (κ3) is 9.20. The lowest BCUT2D eigenvalue weighted by atomic mass is 9.98. The van der Waals surface area contributed by atoms with E-state index in [4.69, 9.17) is 21.4 Å². The predicted molar refractivity (Wildman–Crippen MR) is 222 cm³/mol. The lowest BCUT2D eigenvalue weighted by Gasteiger charge is -2.14. The minimum Gasteiger partial charge on any atom is -0.481 e. The Balaban J connectivity index is 1.88. The second-order valence-corrected chi connectivity index (χ2v) is 16.9. The van der Waals surface area contributed by atoms with Gasteiger partial charge in [0.2, 0.25) is 0 Å². The van der Waals surface area contributed by atoms with E-state index >= 15 is 0 Å². The molecule has 0 spiro atoms. The van der Waals surface area contributed by atoms with Crippen molar-refractivity contribution in [3.8, 4) is 0 Å². The van der Waals surface area contributed by atoms with E-state index in [2.05, 4.69) is 9.97 Å². The Labute approximate surface area is 332 Å². The van der Waals surface area contributed by atoms with E-state index in [0.717, 1.165) is 66.6 Å². The maximum Gasteiger partial charge on any atom is 0.321 e. The smallest absolute Gasteiger partial charge is 0.321 e. The number of aliphatic carboxylic acids is 4. The second-order valence-electron chi connectivity index (χ2n) is 14.2. The van der Waals surface area contributed by atoms with Crippen molar-refractivity contribution in [2.75, 3.05) is 11.5 Å². The van der Waals surface area contributed by atoms with E-state index in [1.54, 1.807) is 0 Å². The molecule has 3 aromatic heterocycles. The van der Waals surface area contributed by atoms with Crippen LogP contribution < -0.4 is 11.5 Å². The number of carbonyl (C=O) groups is 4. The zero-order chi connectivity index (χ0) is 41.2. The fraction of sp³-hybridized carbons (Fsp3) is 0.400. The van der Waals surface area contributed by atoms with Gasteiger partial charge in [0.25, 0.3) is 0 Å². The van der Waals surface area contributed by atoms with Crippen LogP contribution in [0.1, 0.15) is 109 Å². The number of rotatable bonds is 16. The molecule has 5 heterocycles. The maximum atomic E-state index is 11.8. The highest BCUT2D eigenvalue weighted by molar-refractivity contribution is 7.99. The van der Waals surface area contributed by atoms with Crippen LogP contribution in [0.25, 0.3) is 44.4 Å². The van der Waals surface area contributed by atoms with E-state index in [1.165, 1.54) is 23.5 Å². The van der Waals surface area contributed by atoms with Crippen molar-refractivity contribution in [2.24, 2.45) is 11.5 Å². The Morgan fingerprint density at radius 1 is 0.607 bits per heavy atom. The summed E-state index contributed by atoms with van der Waals surface area (Å²) < 4.78 is 0. The third-order valence-electron chi connectivity index (χ3n) is 10.3. The van der Waals surface area contributed by atoms with Gasteiger partial charge in [0, 0.05) is 56.9 Å². The van der Waals surface area contributed by atoms with Crippen molar-refractivity contribution < 1.29 is 39.6 Å². The first-order valence-electron chi connectivity index (χ1n) is 18.2. The molecule has 2 aliphatic rings. The lowest BCUT2D eigenvalue weighted by Crippen LogP contribution is -2.32. The van der Waals surface area contributed by atoms with E-state index in [0.29, 0.717) is 22.8 Å². The van der Waals surface area contributed by atoms with Gasteiger partial charge in [-0.05, 0) is 123 Å². The largest absolute Gasteiger partial charge is 0.481 e. The van der Waals surface area contributed by atoms with Crippen molar-refractivity contribution in [2.45, 2.75) is 89.8 Å². The van der Waals surface area contributed by atoms with E-state index in [-0.39, 0.29) is 47.7 Å². The number of allylic oxidation sites excluding steroid dienone is 4. The predicted octanol–water partition coefficient (Wildman–Crippen LogP) is 6.93. The molecule has 2 aliphatic heterocycles. The molecule has 14 nitrogen and oxygen atoms in total. The number of thioether (sulfide) groups is 2. The molecule has 298 valence electrons. The summed E-state index contributed by atoms with van der Waals surface area (Å²) >= 11 is 2.85. The van der Waals surface area contributed by atoms with Crippen LogP contribution >= 0.6 is 23.5 Å². The molecule has 3 aromatic rings. The molecule has 5 rings (SSSR count). The maximum absolute atomic E-state index is 11.8. The minimum absolute atomic E-state index is 0.117. The molecule has 2 unspecified atom stereocenters. The highest BCUT2D eigenvalue weighted by atomic mass is 32.2. The number of aromatic amines is 2. The number of nitrogens with zero attached hydrogens (tertiary/aromatic N) is 2. The average Bonchev–Trinajstić information content (AvgIpc) is 3.80. The summed E-state index contributed by atoms with van der Waals surface area (Å²) in [5.74, 6) is -3.70. The SMILES string of the molecule is CC1=C(CCC(=O)O)c2cc3nc(cc4[nH]c(cc5[nH]c(cc1n2)c(C)c5C(C)SC[C@@H](N)C(=O)O)c(C)c4C(C)SC[C@@H](N)C(=O)O)C(C)=C3CCC(=O)O. The summed E-state index contributed by atoms with van der Waals surface area (Å²) in [6.07, 6.45) is 0.196. The third-order valence-corrected chi connectivity index (χ3v) is 12.9. The molecular weight excluding hydrogens is 757 g/mol. The molecule has 0 saturated heterocycles. The highest BCUT2D eigenvalue weighted by Gasteiger charge is 2.25. The Morgan fingerprint density at radius 2 is 0.982 bits per heavy atom. The van der Waals surface area contributed by atoms with Gasteiger partial charge in [-0.3, -0.25) is 19.2 Å². The van der Waals surface area contributed by atoms with Crippen molar-refractivity contribution in [1.82, 2.24) is 19.9 Å². The Bertz CT molecular complexity index is 2330. The number of carboxylic acid groups (broad SMARTS) is 4. The number of aryl methyl sites for hydroxylation is 2. The Hall–Kier alpha value is -4.90. The first-order valence-corrected chi connectivity index (χ1v) is 20.3. The summed E-state index contributed by atoms with van der Waals surface area (Å²) in [7, 11) is 0. The molecule has 16 heteroatoms. The van der Waals surface area contributed by atoms with Crippen LogP contribution in [0.4, 0.5) is 0 Å². The van der Waals surface area contributed by atoms with Crippen LogP contribution in [0.15, 0.2) is 24.3 Å². The molecule has 10 N–H and O–H groups in total. The molecule has 56 heavy (non-hydrogen) atoms. The van der Waals surface area contributed by atoms with Gasteiger partial charge in [0.05, 0.1) is 22.8 Å². The number of nitrogens with two attached hydrogens (primary N) is 2. The first-order chi connectivity index (χ1) is 26.4. The lowest BCUT2D eigenvalue weighted by molar-refractivity contribution is -0.138. The zero-order valence-electron chi connectivity index (χ0n) is 32.1. The number of nitrogens with one attached hydrogen (secondary N) is 2. The molecule has 0 amide bonds. The number of fused-ring (bicyclic) bond motifs is 8. The summed E-state index contributed by atoms with van der Waals surface area (Å²) in [5, 5.41) is 37.8. The Morgan fingerprint density at radius 3 is 1.38 bits per heavy atom. The number of aromatic nitrogens is 4. The second kappa shape index (κ2) is 17.5. The molecule has 0 aliphatic carbocycles. The van der Waals surface area contributed by atoms with Gasteiger partial charge in [-0.25, -0.2) is 9.97 Å². The molecule has 0 fully saturated rings. The molecular formula is C40H48N6O8S2. The topological polar surface area (TPSA) is 259 Å². The normalized spacial score (nSPS) is 15.1. The van der Waals surface area contributed by atoms with E-state index < -0.39 is 36.0 Å². The molecule has 0 aromatic carbocycles. The number of hydrogen-bond donors (Lipinski definition) is 8. The number of H-pyrrole nitrogens is 2. The van der Waals surface area contributed by atoms with Gasteiger partial charge in [0.1, 0.15) is 12.1 Å². The molecule has 0 saturated carbocycles. The fourth-order valence-electron chi connectivity index (χ4n) is 7.09. The number of hydrogen-bond acceptors (Lipinski definition) is 10. The fourth-order valence-corrected chi connectivity index (χ4v) is 9.31. The van der Waals surface area contributed by atoms with Crippen molar-refractivity contribution >= 4 is 91.8 Å². The van der Waals surface area contributed by atoms with Gasteiger partial charge in [-0.15, -0.1) is 0 Å². The quantitative estimate of drug-likeness (QED) is 0.0730. The van der Waals surface area contributed by atoms with E-state index in [1.807, 2.05) is 65.8 Å². The standard InChI is InChI=1S/C40H48N6O8S2/c1-17-23(7-9-35(47)48)31-14-32-24(8-10-36(49)50)18(2)28(44-32)12-33-38(22(6)56-16-26(42)40(53)54)20(4)30(46-33)13-34-37(21(5)55-15-25(41)39(51)52)19(3)29(45-34)11-27(17)43-31/h11-14,21-22,25-26,45-46H,7-10,15-16,41-42H2,1-6H3,(H,47,48)(H,49,50)(H,51,52)(H,53,54)/t21?,22?,25-,26-/m1/s1. The first kappa shape index (κ1) is 42.2. The van der Waals surface area contributed by atoms with Gasteiger partial charge >= 0.3 is 23.9 Å². The van der Waals surface area contributed by atoms with Crippen molar-refractivity contribution in [1.29, 1.82) is 0 Å². The monoisotopic (exact) mass is 804 g/mol. The van der Waals surface area contributed by atoms with E-state index in [9.17, 15) is 39.6 Å². The number of carboxylic acids is 4. The summed E-state index contributed by atoms with van der Waals surface area (Å²) in [6.45, 7) is 11.8. The van der Waals surface area contributed by atoms with Crippen LogP contribution in [0.2, 0.25) is 0 Å². The van der Waals surface area contributed by atoms with Gasteiger partial charge in [-0.1, -0.05) is 0 Å². The van der Waals surface area contributed by atoms with Crippen LogP contribution in [-0.2, 0) is 19.2 Å². The zero-order valence-corrected chi connectivity index (χ0v) is 33.8. The molecule has 0 radical (unpaired) electrons. The van der Waals surface area contributed by atoms with Crippen molar-refractivity contribution in [3.05, 3.63) is 69.3 Å². The van der Waals surface area contributed by atoms with Crippen molar-refractivity contribution in [3.63, 3.8) is 0 Å².